The third-order valence-corrected chi connectivity index (χ3v) is 3.25. The van der Waals surface area contributed by atoms with E-state index in [4.69, 9.17) is 5.73 Å². The van der Waals surface area contributed by atoms with Gasteiger partial charge in [0.25, 0.3) is 0 Å². The molecule has 1 unspecified atom stereocenters. The Kier molecular flexibility index (Phi) is 14.8. The van der Waals surface area contributed by atoms with Crippen molar-refractivity contribution in [2.45, 2.75) is 39.5 Å². The van der Waals surface area contributed by atoms with Gasteiger partial charge in [0.05, 0.1) is 0 Å². The summed E-state index contributed by atoms with van der Waals surface area (Å²) in [5.41, 5.74) is 5.39. The standard InChI is InChI=1S/C14H34N4/c1-3-5-6-14(4-2)13-18-12-11-17-10-9-16-8-7-15/h14,16-18H,3-13,15H2,1-2H3. The third kappa shape index (κ3) is 12.3. The fraction of sp³-hybridized carbons (Fsp3) is 1.00. The molecule has 0 aliphatic carbocycles. The summed E-state index contributed by atoms with van der Waals surface area (Å²) in [7, 11) is 0. The van der Waals surface area contributed by atoms with Gasteiger partial charge < -0.3 is 21.7 Å². The van der Waals surface area contributed by atoms with E-state index >= 15 is 0 Å². The predicted molar refractivity (Wildman–Crippen MR) is 81.0 cm³/mol. The summed E-state index contributed by atoms with van der Waals surface area (Å²) in [4.78, 5) is 0. The summed E-state index contributed by atoms with van der Waals surface area (Å²) in [6.07, 6.45) is 5.35. The summed E-state index contributed by atoms with van der Waals surface area (Å²) in [6.45, 7) is 11.5. The highest BCUT2D eigenvalue weighted by molar-refractivity contribution is 4.62. The van der Waals surface area contributed by atoms with Crippen molar-refractivity contribution in [3.8, 4) is 0 Å². The molecule has 0 amide bonds. The van der Waals surface area contributed by atoms with Crippen molar-refractivity contribution >= 4 is 0 Å². The van der Waals surface area contributed by atoms with Gasteiger partial charge in [0.1, 0.15) is 0 Å². The van der Waals surface area contributed by atoms with E-state index in [0.29, 0.717) is 0 Å². The van der Waals surface area contributed by atoms with Gasteiger partial charge in [-0.15, -0.1) is 0 Å². The first-order valence-corrected chi connectivity index (χ1v) is 7.67. The van der Waals surface area contributed by atoms with Crippen LogP contribution in [-0.2, 0) is 0 Å². The lowest BCUT2D eigenvalue weighted by molar-refractivity contribution is 0.418. The second-order valence-electron chi connectivity index (χ2n) is 4.91. The maximum absolute atomic E-state index is 5.39. The maximum Gasteiger partial charge on any atom is 0.00772 e. The fourth-order valence-corrected chi connectivity index (χ4v) is 1.96. The quantitative estimate of drug-likeness (QED) is 0.350. The monoisotopic (exact) mass is 258 g/mol. The Labute approximate surface area is 113 Å². The van der Waals surface area contributed by atoms with Crippen LogP contribution in [0.3, 0.4) is 0 Å². The van der Waals surface area contributed by atoms with Crippen LogP contribution in [0.5, 0.6) is 0 Å². The second-order valence-corrected chi connectivity index (χ2v) is 4.91. The molecular weight excluding hydrogens is 224 g/mol. The molecular formula is C14H34N4. The van der Waals surface area contributed by atoms with Gasteiger partial charge in [-0.2, -0.15) is 0 Å². The Hall–Kier alpha value is -0.160. The molecule has 0 spiro atoms. The van der Waals surface area contributed by atoms with Crippen LogP contribution in [0.25, 0.3) is 0 Å². The van der Waals surface area contributed by atoms with E-state index in [1.54, 1.807) is 0 Å². The zero-order valence-corrected chi connectivity index (χ0v) is 12.4. The Bertz CT molecular complexity index is 153. The number of rotatable bonds is 14. The van der Waals surface area contributed by atoms with Crippen molar-refractivity contribution in [2.75, 3.05) is 45.8 Å². The molecule has 0 aromatic rings. The zero-order valence-electron chi connectivity index (χ0n) is 12.4. The van der Waals surface area contributed by atoms with E-state index in [2.05, 4.69) is 29.8 Å². The summed E-state index contributed by atoms with van der Waals surface area (Å²) in [6, 6.07) is 0. The van der Waals surface area contributed by atoms with E-state index in [1.165, 1.54) is 32.2 Å². The SMILES string of the molecule is CCCCC(CC)CNCCNCCNCCN. The molecule has 0 fully saturated rings. The first-order chi connectivity index (χ1) is 8.85. The number of nitrogens with one attached hydrogen (secondary N) is 3. The van der Waals surface area contributed by atoms with Gasteiger partial charge in [0, 0.05) is 39.3 Å². The van der Waals surface area contributed by atoms with Crippen molar-refractivity contribution < 1.29 is 0 Å². The number of nitrogens with two attached hydrogens (primary N) is 1. The molecule has 0 radical (unpaired) electrons. The van der Waals surface area contributed by atoms with E-state index < -0.39 is 0 Å². The van der Waals surface area contributed by atoms with E-state index in [9.17, 15) is 0 Å². The van der Waals surface area contributed by atoms with Crippen LogP contribution in [0.2, 0.25) is 0 Å². The van der Waals surface area contributed by atoms with Gasteiger partial charge in [-0.05, 0) is 18.9 Å². The molecule has 4 nitrogen and oxygen atoms in total. The van der Waals surface area contributed by atoms with Crippen LogP contribution in [-0.4, -0.2) is 45.8 Å². The van der Waals surface area contributed by atoms with Crippen molar-refractivity contribution in [1.29, 1.82) is 0 Å². The predicted octanol–water partition coefficient (Wildman–Crippen LogP) is 0.930. The number of hydrogen-bond donors (Lipinski definition) is 4. The normalized spacial score (nSPS) is 12.8. The van der Waals surface area contributed by atoms with Gasteiger partial charge in [0.15, 0.2) is 0 Å². The first kappa shape index (κ1) is 17.8. The van der Waals surface area contributed by atoms with Gasteiger partial charge >= 0.3 is 0 Å². The van der Waals surface area contributed by atoms with Crippen molar-refractivity contribution in [2.24, 2.45) is 11.7 Å². The summed E-state index contributed by atoms with van der Waals surface area (Å²) >= 11 is 0. The number of unbranched alkanes of at least 4 members (excludes halogenated alkanes) is 1. The van der Waals surface area contributed by atoms with Crippen molar-refractivity contribution in [3.05, 3.63) is 0 Å². The zero-order chi connectivity index (χ0) is 13.5. The van der Waals surface area contributed by atoms with Crippen LogP contribution < -0.4 is 21.7 Å². The van der Waals surface area contributed by atoms with Gasteiger partial charge in [0.2, 0.25) is 0 Å². The average Bonchev–Trinajstić information content (AvgIpc) is 2.40. The molecule has 5 N–H and O–H groups in total. The molecule has 0 heterocycles. The molecule has 0 aromatic heterocycles. The molecule has 0 aromatic carbocycles. The molecule has 1 atom stereocenters. The summed E-state index contributed by atoms with van der Waals surface area (Å²) < 4.78 is 0. The second kappa shape index (κ2) is 14.9. The third-order valence-electron chi connectivity index (χ3n) is 3.25. The Balaban J connectivity index is 3.17. The van der Waals surface area contributed by atoms with E-state index in [1.807, 2.05) is 0 Å². The van der Waals surface area contributed by atoms with Gasteiger partial charge in [-0.3, -0.25) is 0 Å². The number of hydrogen-bond acceptors (Lipinski definition) is 4. The van der Waals surface area contributed by atoms with Crippen molar-refractivity contribution in [3.63, 3.8) is 0 Å². The summed E-state index contributed by atoms with van der Waals surface area (Å²) in [5.74, 6) is 0.858. The minimum absolute atomic E-state index is 0.720. The molecule has 0 aliphatic heterocycles. The maximum atomic E-state index is 5.39. The molecule has 18 heavy (non-hydrogen) atoms. The van der Waals surface area contributed by atoms with E-state index in [0.717, 1.165) is 45.2 Å². The summed E-state index contributed by atoms with van der Waals surface area (Å²) in [5, 5.41) is 10.2. The largest absolute Gasteiger partial charge is 0.329 e. The lowest BCUT2D eigenvalue weighted by Crippen LogP contribution is -2.35. The van der Waals surface area contributed by atoms with Crippen LogP contribution in [0.15, 0.2) is 0 Å². The molecule has 0 saturated carbocycles. The molecule has 0 aliphatic rings. The van der Waals surface area contributed by atoms with E-state index in [-0.39, 0.29) is 0 Å². The smallest absolute Gasteiger partial charge is 0.00772 e. The molecule has 0 saturated heterocycles. The van der Waals surface area contributed by atoms with Crippen LogP contribution in [0.1, 0.15) is 39.5 Å². The average molecular weight is 258 g/mol. The lowest BCUT2D eigenvalue weighted by atomic mass is 9.99. The molecule has 0 rings (SSSR count). The van der Waals surface area contributed by atoms with Crippen LogP contribution in [0.4, 0.5) is 0 Å². The molecule has 110 valence electrons. The first-order valence-electron chi connectivity index (χ1n) is 7.67. The highest BCUT2D eigenvalue weighted by atomic mass is 15.0. The van der Waals surface area contributed by atoms with Crippen LogP contribution >= 0.6 is 0 Å². The molecule has 4 heteroatoms. The highest BCUT2D eigenvalue weighted by Gasteiger charge is 2.04. The lowest BCUT2D eigenvalue weighted by Gasteiger charge is -2.15. The Morgan fingerprint density at radius 1 is 0.889 bits per heavy atom. The minimum Gasteiger partial charge on any atom is -0.329 e. The van der Waals surface area contributed by atoms with Crippen LogP contribution in [0, 0.1) is 5.92 Å². The Morgan fingerprint density at radius 3 is 2.06 bits per heavy atom. The minimum atomic E-state index is 0.720. The Morgan fingerprint density at radius 2 is 1.50 bits per heavy atom. The fourth-order valence-electron chi connectivity index (χ4n) is 1.96. The molecule has 0 bridgehead atoms. The van der Waals surface area contributed by atoms with Crippen molar-refractivity contribution in [1.82, 2.24) is 16.0 Å². The topological polar surface area (TPSA) is 62.1 Å². The van der Waals surface area contributed by atoms with Gasteiger partial charge in [-0.25, -0.2) is 0 Å². The van der Waals surface area contributed by atoms with Gasteiger partial charge in [-0.1, -0.05) is 33.1 Å². The highest BCUT2D eigenvalue weighted by Crippen LogP contribution is 2.10.